The van der Waals surface area contributed by atoms with E-state index in [1.165, 1.54) is 13.5 Å². The molecule has 0 bridgehead atoms. The smallest absolute Gasteiger partial charge is 0.312 e. The number of rotatable bonds is 5. The maximum absolute atomic E-state index is 12.1. The topological polar surface area (TPSA) is 38.7 Å². The normalized spacial score (nSPS) is 20.1. The highest BCUT2D eigenvalue weighted by molar-refractivity contribution is 5.77. The van der Waals surface area contributed by atoms with Gasteiger partial charge < -0.3 is 4.74 Å². The Labute approximate surface area is 110 Å². The van der Waals surface area contributed by atoms with Crippen LogP contribution in [-0.2, 0) is 9.53 Å². The summed E-state index contributed by atoms with van der Waals surface area (Å²) in [6.45, 7) is 4.05. The molecule has 0 saturated heterocycles. The molecule has 0 unspecified atom stereocenters. The molecule has 0 aromatic carbocycles. The van der Waals surface area contributed by atoms with Gasteiger partial charge in [-0.3, -0.25) is 9.79 Å². The second-order valence-corrected chi connectivity index (χ2v) is 5.01. The van der Waals surface area contributed by atoms with Crippen molar-refractivity contribution < 1.29 is 9.53 Å². The van der Waals surface area contributed by atoms with Gasteiger partial charge in [-0.1, -0.05) is 32.3 Å². The Hall–Kier alpha value is -1.12. The summed E-state index contributed by atoms with van der Waals surface area (Å²) in [5.74, 6) is -0.0618. The van der Waals surface area contributed by atoms with Crippen molar-refractivity contribution in [3.63, 3.8) is 0 Å². The molecule has 1 aliphatic carbocycles. The van der Waals surface area contributed by atoms with Gasteiger partial charge in [0.2, 0.25) is 0 Å². The number of hydrogen-bond donors (Lipinski definition) is 0. The molecule has 18 heavy (non-hydrogen) atoms. The number of carbonyl (C=O) groups is 1. The molecule has 1 saturated carbocycles. The predicted octanol–water partition coefficient (Wildman–Crippen LogP) is 3.88. The Morgan fingerprint density at radius 2 is 2.00 bits per heavy atom. The zero-order chi connectivity index (χ0) is 13.4. The van der Waals surface area contributed by atoms with Crippen LogP contribution in [0.2, 0.25) is 0 Å². The average Bonchev–Trinajstić information content (AvgIpc) is 2.43. The molecular formula is C15H25NO2. The first-order valence-electron chi connectivity index (χ1n) is 6.94. The Bertz CT molecular complexity index is 325. The summed E-state index contributed by atoms with van der Waals surface area (Å²) in [7, 11) is 1.49. The van der Waals surface area contributed by atoms with Crippen LogP contribution >= 0.6 is 0 Å². The third-order valence-corrected chi connectivity index (χ3v) is 3.72. The maximum Gasteiger partial charge on any atom is 0.312 e. The lowest BCUT2D eigenvalue weighted by Gasteiger charge is -2.34. The Morgan fingerprint density at radius 3 is 2.50 bits per heavy atom. The van der Waals surface area contributed by atoms with E-state index in [4.69, 9.17) is 4.74 Å². The molecule has 0 radical (unpaired) electrons. The van der Waals surface area contributed by atoms with Crippen LogP contribution < -0.4 is 0 Å². The molecule has 0 spiro atoms. The standard InChI is InChI=1S/C15H25NO2/c1-4-11-16-13(5-2)12-15(14(17)18-3)9-7-6-8-10-15/h5,11H,4,6-10,12H2,1-3H3/b13-5-,16-11?. The molecule has 0 heterocycles. The van der Waals surface area contributed by atoms with E-state index in [0.717, 1.165) is 37.8 Å². The van der Waals surface area contributed by atoms with Crippen LogP contribution in [0.15, 0.2) is 16.8 Å². The first kappa shape index (κ1) is 14.9. The van der Waals surface area contributed by atoms with E-state index in [1.807, 2.05) is 19.2 Å². The highest BCUT2D eigenvalue weighted by atomic mass is 16.5. The van der Waals surface area contributed by atoms with Gasteiger partial charge in [0.05, 0.1) is 12.5 Å². The number of allylic oxidation sites excluding steroid dienone is 2. The quantitative estimate of drug-likeness (QED) is 0.549. The highest BCUT2D eigenvalue weighted by Gasteiger charge is 2.40. The van der Waals surface area contributed by atoms with E-state index in [2.05, 4.69) is 11.9 Å². The van der Waals surface area contributed by atoms with E-state index in [1.54, 1.807) is 0 Å². The molecule has 0 aromatic rings. The molecule has 1 rings (SSSR count). The maximum atomic E-state index is 12.1. The van der Waals surface area contributed by atoms with Gasteiger partial charge in [0, 0.05) is 18.3 Å². The van der Waals surface area contributed by atoms with Crippen LogP contribution in [-0.4, -0.2) is 19.3 Å². The van der Waals surface area contributed by atoms with Crippen molar-refractivity contribution in [2.75, 3.05) is 7.11 Å². The van der Waals surface area contributed by atoms with Gasteiger partial charge in [-0.25, -0.2) is 0 Å². The SMILES string of the molecule is C/C=C(/CC1(C(=O)OC)CCCCC1)N=CCC. The minimum Gasteiger partial charge on any atom is -0.469 e. The van der Waals surface area contributed by atoms with Crippen molar-refractivity contribution in [2.45, 2.75) is 58.8 Å². The fraction of sp³-hybridized carbons (Fsp3) is 0.733. The highest BCUT2D eigenvalue weighted by Crippen LogP contribution is 2.42. The van der Waals surface area contributed by atoms with Crippen molar-refractivity contribution in [2.24, 2.45) is 10.4 Å². The van der Waals surface area contributed by atoms with Gasteiger partial charge in [-0.2, -0.15) is 0 Å². The van der Waals surface area contributed by atoms with Crippen molar-refractivity contribution in [3.8, 4) is 0 Å². The Balaban J connectivity index is 2.84. The molecule has 102 valence electrons. The van der Waals surface area contributed by atoms with E-state index < -0.39 is 0 Å². The summed E-state index contributed by atoms with van der Waals surface area (Å²) in [4.78, 5) is 16.6. The van der Waals surface area contributed by atoms with Crippen LogP contribution in [0.25, 0.3) is 0 Å². The first-order chi connectivity index (χ1) is 8.68. The van der Waals surface area contributed by atoms with E-state index in [0.29, 0.717) is 6.42 Å². The number of methoxy groups -OCH3 is 1. The monoisotopic (exact) mass is 251 g/mol. The van der Waals surface area contributed by atoms with Crippen molar-refractivity contribution in [1.29, 1.82) is 0 Å². The number of hydrogen-bond acceptors (Lipinski definition) is 3. The molecule has 1 aliphatic rings. The van der Waals surface area contributed by atoms with Crippen LogP contribution in [0.5, 0.6) is 0 Å². The fourth-order valence-electron chi connectivity index (χ4n) is 2.68. The summed E-state index contributed by atoms with van der Waals surface area (Å²) in [5, 5.41) is 0. The van der Waals surface area contributed by atoms with E-state index in [9.17, 15) is 4.79 Å². The summed E-state index contributed by atoms with van der Waals surface area (Å²) in [6.07, 6.45) is 10.9. The van der Waals surface area contributed by atoms with Gasteiger partial charge in [0.15, 0.2) is 0 Å². The number of esters is 1. The van der Waals surface area contributed by atoms with E-state index in [-0.39, 0.29) is 11.4 Å². The molecule has 1 fully saturated rings. The molecule has 0 N–H and O–H groups in total. The lowest BCUT2D eigenvalue weighted by atomic mass is 9.71. The van der Waals surface area contributed by atoms with Crippen molar-refractivity contribution in [3.05, 3.63) is 11.8 Å². The minimum atomic E-state index is -0.333. The summed E-state index contributed by atoms with van der Waals surface area (Å²) >= 11 is 0. The lowest BCUT2D eigenvalue weighted by molar-refractivity contribution is -0.154. The zero-order valence-electron chi connectivity index (χ0n) is 11.9. The fourth-order valence-corrected chi connectivity index (χ4v) is 2.68. The van der Waals surface area contributed by atoms with Crippen molar-refractivity contribution >= 4 is 12.2 Å². The lowest BCUT2D eigenvalue weighted by Crippen LogP contribution is -2.34. The summed E-state index contributed by atoms with van der Waals surface area (Å²) in [5.41, 5.74) is 0.670. The van der Waals surface area contributed by atoms with Crippen molar-refractivity contribution in [1.82, 2.24) is 0 Å². The Morgan fingerprint density at radius 1 is 1.33 bits per heavy atom. The van der Waals surface area contributed by atoms with E-state index >= 15 is 0 Å². The molecule has 3 heteroatoms. The largest absolute Gasteiger partial charge is 0.469 e. The third kappa shape index (κ3) is 3.69. The van der Waals surface area contributed by atoms with Gasteiger partial charge in [-0.05, 0) is 26.2 Å². The molecule has 3 nitrogen and oxygen atoms in total. The molecule has 0 aromatic heterocycles. The summed E-state index contributed by atoms with van der Waals surface area (Å²) < 4.78 is 5.02. The van der Waals surface area contributed by atoms with Gasteiger partial charge in [-0.15, -0.1) is 0 Å². The number of carbonyl (C=O) groups excluding carboxylic acids is 1. The molecule has 0 aliphatic heterocycles. The first-order valence-corrected chi connectivity index (χ1v) is 6.94. The molecule has 0 amide bonds. The summed E-state index contributed by atoms with van der Waals surface area (Å²) in [6, 6.07) is 0. The van der Waals surface area contributed by atoms with Gasteiger partial charge in [0.25, 0.3) is 0 Å². The predicted molar refractivity (Wildman–Crippen MR) is 74.7 cm³/mol. The number of ether oxygens (including phenoxy) is 1. The third-order valence-electron chi connectivity index (χ3n) is 3.72. The number of nitrogens with zero attached hydrogens (tertiary/aromatic N) is 1. The number of aliphatic imine (C=N–C) groups is 1. The second kappa shape index (κ2) is 7.34. The Kier molecular flexibility index (Phi) is 6.10. The van der Waals surface area contributed by atoms with Gasteiger partial charge in [0.1, 0.15) is 0 Å². The van der Waals surface area contributed by atoms with Crippen LogP contribution in [0.4, 0.5) is 0 Å². The molecule has 0 atom stereocenters. The average molecular weight is 251 g/mol. The minimum absolute atomic E-state index is 0.0618. The zero-order valence-corrected chi connectivity index (χ0v) is 11.9. The van der Waals surface area contributed by atoms with Crippen LogP contribution in [0.1, 0.15) is 58.8 Å². The van der Waals surface area contributed by atoms with Crippen LogP contribution in [0, 0.1) is 5.41 Å². The second-order valence-electron chi connectivity index (χ2n) is 5.01. The molecular weight excluding hydrogens is 226 g/mol. The van der Waals surface area contributed by atoms with Crippen LogP contribution in [0.3, 0.4) is 0 Å². The van der Waals surface area contributed by atoms with Gasteiger partial charge >= 0.3 is 5.97 Å².